The van der Waals surface area contributed by atoms with E-state index in [1.165, 1.54) is 5.56 Å². The molecule has 0 aliphatic carbocycles. The highest BCUT2D eigenvalue weighted by Gasteiger charge is 2.08. The van der Waals surface area contributed by atoms with Crippen molar-refractivity contribution in [2.24, 2.45) is 12.0 Å². The molecule has 7 nitrogen and oxygen atoms in total. The van der Waals surface area contributed by atoms with Crippen LogP contribution in [0.25, 0.3) is 0 Å². The monoisotopic (exact) mass is 514 g/mol. The number of methoxy groups -OCH3 is 1. The third-order valence-corrected chi connectivity index (χ3v) is 4.94. The van der Waals surface area contributed by atoms with Crippen LogP contribution < -0.4 is 15.4 Å². The molecule has 0 spiro atoms. The molecule has 2 N–H and O–H groups in total. The van der Waals surface area contributed by atoms with Gasteiger partial charge in [0.1, 0.15) is 18.1 Å². The fraction of sp³-hybridized carbons (Fsp3) is 0.571. The number of nitrogens with zero attached hydrogens (tertiary/aromatic N) is 4. The van der Waals surface area contributed by atoms with Crippen LogP contribution in [0.5, 0.6) is 5.75 Å². The molecule has 162 valence electrons. The summed E-state index contributed by atoms with van der Waals surface area (Å²) in [5, 5.41) is 15.1. The van der Waals surface area contributed by atoms with Gasteiger partial charge in [0.05, 0.1) is 7.11 Å². The van der Waals surface area contributed by atoms with Crippen molar-refractivity contribution in [2.75, 3.05) is 20.2 Å². The highest BCUT2D eigenvalue weighted by Crippen LogP contribution is 2.21. The number of ether oxygens (including phenoxy) is 1. The van der Waals surface area contributed by atoms with Gasteiger partial charge in [-0.2, -0.15) is 0 Å². The van der Waals surface area contributed by atoms with Crippen molar-refractivity contribution >= 4 is 29.9 Å². The Labute approximate surface area is 191 Å². The van der Waals surface area contributed by atoms with Crippen LogP contribution in [-0.2, 0) is 13.6 Å². The summed E-state index contributed by atoms with van der Waals surface area (Å²) < 4.78 is 7.21. The maximum absolute atomic E-state index is 5.23. The summed E-state index contributed by atoms with van der Waals surface area (Å²) in [4.78, 5) is 4.69. The Bertz CT molecular complexity index is 744. The molecule has 0 aliphatic rings. The zero-order chi connectivity index (χ0) is 20.4. The van der Waals surface area contributed by atoms with Crippen LogP contribution in [0.4, 0.5) is 0 Å². The van der Waals surface area contributed by atoms with Crippen LogP contribution in [-0.4, -0.2) is 40.9 Å². The molecule has 29 heavy (non-hydrogen) atoms. The summed E-state index contributed by atoms with van der Waals surface area (Å²) >= 11 is 0. The summed E-state index contributed by atoms with van der Waals surface area (Å²) in [5.41, 5.74) is 1.31. The first kappa shape index (κ1) is 25.2. The standard InChI is InChI=1S/C21H34N6O.HI/c1-6-7-13-22-21(24-15-20-26-25-17(3)27(20)4)23-14-12-16(2)18-8-10-19(28-5)11-9-18;/h8-11,16H,6-7,12-15H2,1-5H3,(H2,22,23,24);1H. The zero-order valence-corrected chi connectivity index (χ0v) is 20.6. The predicted molar refractivity (Wildman–Crippen MR) is 129 cm³/mol. The van der Waals surface area contributed by atoms with Crippen molar-refractivity contribution in [2.45, 2.75) is 52.5 Å². The summed E-state index contributed by atoms with van der Waals surface area (Å²) in [6, 6.07) is 8.30. The molecule has 0 aliphatic heterocycles. The highest BCUT2D eigenvalue weighted by atomic mass is 127. The smallest absolute Gasteiger partial charge is 0.191 e. The van der Waals surface area contributed by atoms with E-state index in [1.807, 2.05) is 30.7 Å². The van der Waals surface area contributed by atoms with E-state index >= 15 is 0 Å². The molecular weight excluding hydrogens is 479 g/mol. The van der Waals surface area contributed by atoms with E-state index in [0.29, 0.717) is 12.5 Å². The number of hydrogen-bond donors (Lipinski definition) is 2. The minimum Gasteiger partial charge on any atom is -0.497 e. The second kappa shape index (κ2) is 13.4. The number of aliphatic imine (C=N–C) groups is 1. The van der Waals surface area contributed by atoms with E-state index in [2.05, 4.69) is 51.8 Å². The normalized spacial score (nSPS) is 12.2. The van der Waals surface area contributed by atoms with Gasteiger partial charge in [-0.15, -0.1) is 34.2 Å². The predicted octanol–water partition coefficient (Wildman–Crippen LogP) is 3.78. The third-order valence-electron chi connectivity index (χ3n) is 4.94. The number of benzene rings is 1. The fourth-order valence-electron chi connectivity index (χ4n) is 2.80. The molecule has 1 heterocycles. The van der Waals surface area contributed by atoms with E-state index in [1.54, 1.807) is 7.11 Å². The van der Waals surface area contributed by atoms with E-state index < -0.39 is 0 Å². The van der Waals surface area contributed by atoms with Gasteiger partial charge in [0.25, 0.3) is 0 Å². The molecule has 8 heteroatoms. The van der Waals surface area contributed by atoms with Gasteiger partial charge >= 0.3 is 0 Å². The lowest BCUT2D eigenvalue weighted by molar-refractivity contribution is 0.414. The van der Waals surface area contributed by atoms with Crippen molar-refractivity contribution in [3.8, 4) is 5.75 Å². The molecule has 2 rings (SSSR count). The summed E-state index contributed by atoms with van der Waals surface area (Å²) in [7, 11) is 3.66. The van der Waals surface area contributed by atoms with Gasteiger partial charge in [0.15, 0.2) is 11.8 Å². The number of unbranched alkanes of at least 4 members (excludes halogenated alkanes) is 1. The quantitative estimate of drug-likeness (QED) is 0.219. The van der Waals surface area contributed by atoms with Crippen LogP contribution in [0.15, 0.2) is 29.3 Å². The first-order valence-electron chi connectivity index (χ1n) is 10.1. The molecule has 1 unspecified atom stereocenters. The van der Waals surface area contributed by atoms with Gasteiger partial charge in [-0.25, -0.2) is 4.99 Å². The van der Waals surface area contributed by atoms with E-state index in [4.69, 9.17) is 4.74 Å². The number of aryl methyl sites for hydroxylation is 1. The molecule has 0 amide bonds. The third kappa shape index (κ3) is 8.20. The van der Waals surface area contributed by atoms with Crippen molar-refractivity contribution in [1.82, 2.24) is 25.4 Å². The van der Waals surface area contributed by atoms with Gasteiger partial charge in [0, 0.05) is 20.1 Å². The molecule has 0 saturated heterocycles. The summed E-state index contributed by atoms with van der Waals surface area (Å²) in [5.74, 6) is 3.93. The summed E-state index contributed by atoms with van der Waals surface area (Å²) in [6.45, 7) is 8.64. The first-order valence-corrected chi connectivity index (χ1v) is 10.1. The second-order valence-corrected chi connectivity index (χ2v) is 7.06. The average Bonchev–Trinajstić information content (AvgIpc) is 3.03. The molecule has 1 aromatic carbocycles. The maximum atomic E-state index is 5.23. The largest absolute Gasteiger partial charge is 0.497 e. The Morgan fingerprint density at radius 1 is 1.17 bits per heavy atom. The van der Waals surface area contributed by atoms with Crippen LogP contribution in [0.1, 0.15) is 56.2 Å². The first-order chi connectivity index (χ1) is 13.5. The molecule has 0 saturated carbocycles. The molecule has 2 aromatic rings. The van der Waals surface area contributed by atoms with Crippen molar-refractivity contribution in [3.63, 3.8) is 0 Å². The zero-order valence-electron chi connectivity index (χ0n) is 18.2. The molecule has 1 aromatic heterocycles. The number of rotatable bonds is 10. The second-order valence-electron chi connectivity index (χ2n) is 7.06. The van der Waals surface area contributed by atoms with E-state index in [0.717, 1.165) is 55.7 Å². The Morgan fingerprint density at radius 2 is 1.86 bits per heavy atom. The molecule has 0 radical (unpaired) electrons. The molecule has 0 fully saturated rings. The lowest BCUT2D eigenvalue weighted by atomic mass is 9.98. The van der Waals surface area contributed by atoms with Crippen LogP contribution in [0.2, 0.25) is 0 Å². The minimum atomic E-state index is 0. The Kier molecular flexibility index (Phi) is 11.6. The van der Waals surface area contributed by atoms with Gasteiger partial charge in [-0.3, -0.25) is 0 Å². The molecular formula is C21H35IN6O. The Hall–Kier alpha value is -1.84. The lowest BCUT2D eigenvalue weighted by Gasteiger charge is -2.16. The SMILES string of the molecule is CCCCNC(=NCc1nnc(C)n1C)NCCC(C)c1ccc(OC)cc1.I. The van der Waals surface area contributed by atoms with Gasteiger partial charge in [0.2, 0.25) is 0 Å². The van der Waals surface area contributed by atoms with Crippen LogP contribution in [0.3, 0.4) is 0 Å². The Morgan fingerprint density at radius 3 is 2.45 bits per heavy atom. The topological polar surface area (TPSA) is 76.4 Å². The lowest BCUT2D eigenvalue weighted by Crippen LogP contribution is -2.38. The van der Waals surface area contributed by atoms with Gasteiger partial charge in [-0.05, 0) is 43.4 Å². The van der Waals surface area contributed by atoms with Crippen molar-refractivity contribution in [1.29, 1.82) is 0 Å². The molecule has 0 bridgehead atoms. The summed E-state index contributed by atoms with van der Waals surface area (Å²) in [6.07, 6.45) is 3.28. The average molecular weight is 514 g/mol. The fourth-order valence-corrected chi connectivity index (χ4v) is 2.80. The molecule has 1 atom stereocenters. The number of nitrogens with one attached hydrogen (secondary N) is 2. The Balaban J connectivity index is 0.00000420. The maximum Gasteiger partial charge on any atom is 0.191 e. The van der Waals surface area contributed by atoms with Crippen molar-refractivity contribution in [3.05, 3.63) is 41.5 Å². The number of aromatic nitrogens is 3. The minimum absolute atomic E-state index is 0. The van der Waals surface area contributed by atoms with Crippen LogP contribution in [0, 0.1) is 6.92 Å². The van der Waals surface area contributed by atoms with Gasteiger partial charge in [-0.1, -0.05) is 32.4 Å². The number of hydrogen-bond acceptors (Lipinski definition) is 4. The van der Waals surface area contributed by atoms with Crippen molar-refractivity contribution < 1.29 is 4.74 Å². The van der Waals surface area contributed by atoms with Gasteiger partial charge < -0.3 is 19.9 Å². The van der Waals surface area contributed by atoms with E-state index in [-0.39, 0.29) is 24.0 Å². The number of guanidine groups is 1. The van der Waals surface area contributed by atoms with E-state index in [9.17, 15) is 0 Å². The highest BCUT2D eigenvalue weighted by molar-refractivity contribution is 14.0. The number of halogens is 1. The van der Waals surface area contributed by atoms with Crippen LogP contribution >= 0.6 is 24.0 Å².